The van der Waals surface area contributed by atoms with E-state index in [2.05, 4.69) is 31.2 Å². The zero-order valence-electron chi connectivity index (χ0n) is 38.0. The largest absolute Gasteiger partial charge is 0.478 e. The summed E-state index contributed by atoms with van der Waals surface area (Å²) in [4.78, 5) is 76.1. The van der Waals surface area contributed by atoms with E-state index in [1.165, 1.54) is 31.2 Å². The molecule has 4 amide bonds. The van der Waals surface area contributed by atoms with Gasteiger partial charge < -0.3 is 44.7 Å². The van der Waals surface area contributed by atoms with E-state index >= 15 is 4.39 Å². The molecule has 1 saturated carbocycles. The van der Waals surface area contributed by atoms with Crippen molar-refractivity contribution in [2.75, 3.05) is 61.5 Å². The van der Waals surface area contributed by atoms with Gasteiger partial charge in [0.1, 0.15) is 11.1 Å². The average Bonchev–Trinajstić information content (AvgIpc) is 3.54. The highest BCUT2D eigenvalue weighted by atomic mass is 35.5. The minimum absolute atomic E-state index is 0.107. The zero-order chi connectivity index (χ0) is 46.8. The van der Waals surface area contributed by atoms with Crippen LogP contribution in [0.2, 0.25) is 5.02 Å². The highest BCUT2D eigenvalue weighted by Crippen LogP contribution is 2.41. The molecular weight excluding hydrogens is 871 g/mol. The van der Waals surface area contributed by atoms with Crippen LogP contribution in [0.25, 0.3) is 10.9 Å². The standard InChI is InChI=1S/C28H35ClN6O4.C19H23FN4O3/c1-17(2)35-23-8-7-19(13-18(23)14-24(27(35)37)38-16-25(36)30-3)32-26-22(29)15-31-28(33-26)34-11-9-21(10-12-34)39-20-5-4-6-20;1-10-9-21-7-8-23(10)13-4-3-12-16(17(13)20)11(2)24(19(12)27)14-5-6-15(25)22-18(14)26/h7-8,13-15,17,20-21H,4-6,9-12,16H2,1-3H3,(H,30,36)(H,31,32,33);3-4,10-11,14,21H,5-9H2,1-2H3,(H,22,25,26). The third-order valence-electron chi connectivity index (χ3n) is 13.1. The number of pyridine rings is 1. The van der Waals surface area contributed by atoms with Crippen molar-refractivity contribution in [1.29, 1.82) is 0 Å². The van der Waals surface area contributed by atoms with E-state index in [1.54, 1.807) is 35.9 Å². The maximum absolute atomic E-state index is 15.5. The Labute approximate surface area is 387 Å². The molecule has 352 valence electrons. The Hall–Kier alpha value is -5.85. The van der Waals surface area contributed by atoms with Crippen LogP contribution < -0.4 is 41.4 Å². The van der Waals surface area contributed by atoms with Crippen molar-refractivity contribution >= 4 is 69.3 Å². The lowest BCUT2D eigenvalue weighted by molar-refractivity contribution is -0.137. The van der Waals surface area contributed by atoms with Crippen LogP contribution in [-0.4, -0.2) is 114 Å². The first-order chi connectivity index (χ1) is 31.7. The van der Waals surface area contributed by atoms with E-state index in [9.17, 15) is 24.0 Å². The molecule has 2 aromatic carbocycles. The minimum Gasteiger partial charge on any atom is -0.478 e. The van der Waals surface area contributed by atoms with Gasteiger partial charge in [-0.15, -0.1) is 0 Å². The van der Waals surface area contributed by atoms with Crippen LogP contribution >= 0.6 is 11.6 Å². The molecule has 2 aromatic heterocycles. The number of hydrogen-bond acceptors (Lipinski definition) is 13. The quantitative estimate of drug-likeness (QED) is 0.140. The molecule has 3 unspecified atom stereocenters. The van der Waals surface area contributed by atoms with Crippen LogP contribution in [0.5, 0.6) is 5.75 Å². The highest BCUT2D eigenvalue weighted by Gasteiger charge is 2.45. The van der Waals surface area contributed by atoms with E-state index in [0.29, 0.717) is 52.4 Å². The molecule has 9 rings (SSSR count). The summed E-state index contributed by atoms with van der Waals surface area (Å²) in [5.74, 6) is -0.646. The number of rotatable bonds is 11. The molecule has 19 heteroatoms. The van der Waals surface area contributed by atoms with Crippen molar-refractivity contribution in [3.05, 3.63) is 74.9 Å². The van der Waals surface area contributed by atoms with E-state index in [-0.39, 0.29) is 60.6 Å². The van der Waals surface area contributed by atoms with Gasteiger partial charge in [0.15, 0.2) is 24.0 Å². The molecule has 17 nitrogen and oxygen atoms in total. The molecule has 0 radical (unpaired) electrons. The number of nitrogens with zero attached hydrogens (tertiary/aromatic N) is 6. The Morgan fingerprint density at radius 1 is 1.00 bits per heavy atom. The maximum atomic E-state index is 15.5. The van der Waals surface area contributed by atoms with Gasteiger partial charge in [0.05, 0.1) is 35.7 Å². The van der Waals surface area contributed by atoms with Crippen LogP contribution in [0.4, 0.5) is 27.5 Å². The first-order valence-electron chi connectivity index (χ1n) is 22.9. The summed E-state index contributed by atoms with van der Waals surface area (Å²) in [7, 11) is 1.52. The summed E-state index contributed by atoms with van der Waals surface area (Å²) >= 11 is 6.47. The maximum Gasteiger partial charge on any atom is 0.293 e. The number of piperazine rings is 1. The summed E-state index contributed by atoms with van der Waals surface area (Å²) in [6, 6.07) is 9.37. The van der Waals surface area contributed by atoms with Gasteiger partial charge in [-0.3, -0.25) is 29.3 Å². The average molecular weight is 929 g/mol. The fourth-order valence-corrected chi connectivity index (χ4v) is 9.48. The van der Waals surface area contributed by atoms with Crippen molar-refractivity contribution < 1.29 is 33.0 Å². The molecule has 4 aromatic rings. The van der Waals surface area contributed by atoms with Crippen molar-refractivity contribution in [3.63, 3.8) is 0 Å². The fourth-order valence-electron chi connectivity index (χ4n) is 9.35. The number of benzene rings is 2. The van der Waals surface area contributed by atoms with E-state index in [4.69, 9.17) is 26.1 Å². The van der Waals surface area contributed by atoms with E-state index in [1.807, 2.05) is 43.9 Å². The second-order valence-corrected chi connectivity index (χ2v) is 18.2. The third kappa shape index (κ3) is 9.67. The lowest BCUT2D eigenvalue weighted by atomic mass is 9.95. The van der Waals surface area contributed by atoms with Crippen LogP contribution in [0.15, 0.2) is 47.4 Å². The van der Waals surface area contributed by atoms with Crippen molar-refractivity contribution in [3.8, 4) is 5.75 Å². The number of amides is 4. The molecule has 0 spiro atoms. The Morgan fingerprint density at radius 2 is 1.76 bits per heavy atom. The van der Waals surface area contributed by atoms with Crippen LogP contribution in [0.3, 0.4) is 0 Å². The van der Waals surface area contributed by atoms with Gasteiger partial charge >= 0.3 is 0 Å². The Morgan fingerprint density at radius 3 is 2.44 bits per heavy atom. The number of aromatic nitrogens is 3. The van der Waals surface area contributed by atoms with Crippen LogP contribution in [0.1, 0.15) is 101 Å². The number of likely N-dealkylation sites (N-methyl/N-ethyl adjacent to an activating group) is 1. The zero-order valence-corrected chi connectivity index (χ0v) is 38.8. The molecule has 6 heterocycles. The number of carbonyl (C=O) groups excluding carboxylic acids is 4. The first kappa shape index (κ1) is 46.7. The molecule has 3 saturated heterocycles. The number of fused-ring (bicyclic) bond motifs is 2. The molecule has 4 fully saturated rings. The lowest BCUT2D eigenvalue weighted by Gasteiger charge is -2.36. The molecule has 1 aliphatic carbocycles. The normalized spacial score (nSPS) is 21.3. The fraction of sp³-hybridized carbons (Fsp3) is 0.511. The highest BCUT2D eigenvalue weighted by molar-refractivity contribution is 6.33. The Kier molecular flexibility index (Phi) is 14.1. The minimum atomic E-state index is -0.751. The van der Waals surface area contributed by atoms with Crippen LogP contribution in [0, 0.1) is 5.82 Å². The number of imide groups is 1. The van der Waals surface area contributed by atoms with E-state index in [0.717, 1.165) is 55.6 Å². The number of ether oxygens (including phenoxy) is 2. The topological polar surface area (TPSA) is 192 Å². The molecule has 3 atom stereocenters. The van der Waals surface area contributed by atoms with E-state index < -0.39 is 23.8 Å². The number of anilines is 4. The number of nitrogens with one attached hydrogen (secondary N) is 4. The predicted molar refractivity (Wildman–Crippen MR) is 249 cm³/mol. The molecule has 5 aliphatic rings. The van der Waals surface area contributed by atoms with Gasteiger partial charge in [-0.1, -0.05) is 11.6 Å². The van der Waals surface area contributed by atoms with Crippen LogP contribution in [-0.2, 0) is 19.1 Å². The smallest absolute Gasteiger partial charge is 0.293 e. The van der Waals surface area contributed by atoms with Crippen molar-refractivity contribution in [2.45, 2.75) is 109 Å². The Balaban J connectivity index is 0.000000192. The molecule has 0 bridgehead atoms. The second kappa shape index (κ2) is 19.9. The van der Waals surface area contributed by atoms with Crippen molar-refractivity contribution in [1.82, 2.24) is 35.4 Å². The Bertz CT molecular complexity index is 2560. The number of halogens is 2. The SMILES string of the molecule is CC1CNCCN1c1ccc2c(c1F)C(C)N(C1CCC(=O)NC1=O)C2=O.CNC(=O)COc1cc2cc(Nc3nc(N4CCC(OC5CCC5)CC4)ncc3Cl)ccc2n(C(C)C)c1=O. The van der Waals surface area contributed by atoms with Gasteiger partial charge in [-0.2, -0.15) is 4.98 Å². The summed E-state index contributed by atoms with van der Waals surface area (Å²) < 4.78 is 28.9. The summed E-state index contributed by atoms with van der Waals surface area (Å²) in [6.45, 7) is 11.3. The third-order valence-corrected chi connectivity index (χ3v) is 13.4. The number of carbonyl (C=O) groups is 4. The molecule has 4 N–H and O–H groups in total. The molecule has 66 heavy (non-hydrogen) atoms. The first-order valence-corrected chi connectivity index (χ1v) is 23.3. The monoisotopic (exact) mass is 928 g/mol. The summed E-state index contributed by atoms with van der Waals surface area (Å²) in [5, 5.41) is 12.5. The molecular formula is C47H58ClFN10O7. The lowest BCUT2D eigenvalue weighted by Crippen LogP contribution is -2.53. The number of hydrogen-bond donors (Lipinski definition) is 4. The summed E-state index contributed by atoms with van der Waals surface area (Å²) in [5.41, 5.74) is 2.35. The second-order valence-electron chi connectivity index (χ2n) is 17.8. The van der Waals surface area contributed by atoms with Gasteiger partial charge in [-0.05, 0) is 103 Å². The summed E-state index contributed by atoms with van der Waals surface area (Å²) in [6.07, 6.45) is 8.37. The van der Waals surface area contributed by atoms with Gasteiger partial charge in [0.25, 0.3) is 17.4 Å². The van der Waals surface area contributed by atoms with Gasteiger partial charge in [0.2, 0.25) is 17.8 Å². The number of piperidine rings is 2. The van der Waals surface area contributed by atoms with Gasteiger partial charge in [0, 0.05) is 80.5 Å². The molecule has 4 aliphatic heterocycles. The predicted octanol–water partition coefficient (Wildman–Crippen LogP) is 5.38. The van der Waals surface area contributed by atoms with Gasteiger partial charge in [-0.25, -0.2) is 9.37 Å². The van der Waals surface area contributed by atoms with Crippen molar-refractivity contribution in [2.24, 2.45) is 0 Å².